The second-order valence-electron chi connectivity index (χ2n) is 5.60. The highest BCUT2D eigenvalue weighted by Crippen LogP contribution is 2.39. The molecule has 1 aliphatic rings. The molecule has 0 bridgehead atoms. The molecule has 0 spiro atoms. The number of nitrogens with zero attached hydrogens (tertiary/aromatic N) is 1. The Hall–Kier alpha value is -1.84. The van der Waals surface area contributed by atoms with Gasteiger partial charge in [0.05, 0.1) is 0 Å². The van der Waals surface area contributed by atoms with Gasteiger partial charge in [-0.2, -0.15) is 0 Å². The molecule has 2 rings (SSSR count). The lowest BCUT2D eigenvalue weighted by molar-refractivity contribution is -0.138. The SMILES string of the molecule is CCC(C)(C)C(=O)N1CC(C(=O)O)c2ccccc21. The zero-order chi connectivity index (χ0) is 14.2. The summed E-state index contributed by atoms with van der Waals surface area (Å²) >= 11 is 0. The zero-order valence-electron chi connectivity index (χ0n) is 11.5. The van der Waals surface area contributed by atoms with E-state index in [2.05, 4.69) is 0 Å². The van der Waals surface area contributed by atoms with Crippen LogP contribution in [0.25, 0.3) is 0 Å². The number of amides is 1. The van der Waals surface area contributed by atoms with Crippen molar-refractivity contribution in [1.82, 2.24) is 0 Å². The molecule has 0 saturated carbocycles. The topological polar surface area (TPSA) is 57.6 Å². The first kappa shape index (κ1) is 13.6. The van der Waals surface area contributed by atoms with Crippen LogP contribution in [0.5, 0.6) is 0 Å². The van der Waals surface area contributed by atoms with Gasteiger partial charge in [-0.05, 0) is 18.1 Å². The highest BCUT2D eigenvalue weighted by atomic mass is 16.4. The second-order valence-corrected chi connectivity index (χ2v) is 5.60. The fraction of sp³-hybridized carbons (Fsp3) is 0.467. The predicted molar refractivity (Wildman–Crippen MR) is 73.2 cm³/mol. The Bertz CT molecular complexity index is 522. The number of fused-ring (bicyclic) bond motifs is 1. The summed E-state index contributed by atoms with van der Waals surface area (Å²) in [7, 11) is 0. The number of para-hydroxylation sites is 1. The van der Waals surface area contributed by atoms with Gasteiger partial charge in [-0.3, -0.25) is 9.59 Å². The Morgan fingerprint density at radius 3 is 2.58 bits per heavy atom. The lowest BCUT2D eigenvalue weighted by Crippen LogP contribution is -2.40. The highest BCUT2D eigenvalue weighted by molar-refractivity contribution is 6.01. The average molecular weight is 261 g/mol. The van der Waals surface area contributed by atoms with Crippen LogP contribution in [0.1, 0.15) is 38.7 Å². The summed E-state index contributed by atoms with van der Waals surface area (Å²) in [5, 5.41) is 9.28. The molecule has 4 heteroatoms. The maximum absolute atomic E-state index is 12.6. The van der Waals surface area contributed by atoms with Crippen molar-refractivity contribution in [2.75, 3.05) is 11.4 Å². The monoisotopic (exact) mass is 261 g/mol. The molecule has 1 aliphatic heterocycles. The van der Waals surface area contributed by atoms with Crippen molar-refractivity contribution in [2.24, 2.45) is 5.41 Å². The molecule has 0 radical (unpaired) electrons. The van der Waals surface area contributed by atoms with Gasteiger partial charge in [-0.1, -0.05) is 39.0 Å². The van der Waals surface area contributed by atoms with Gasteiger partial charge in [0.25, 0.3) is 0 Å². The van der Waals surface area contributed by atoms with E-state index >= 15 is 0 Å². The van der Waals surface area contributed by atoms with E-state index in [-0.39, 0.29) is 12.5 Å². The van der Waals surface area contributed by atoms with Gasteiger partial charge in [0.15, 0.2) is 0 Å². The Kier molecular flexibility index (Phi) is 3.35. The Labute approximate surface area is 113 Å². The van der Waals surface area contributed by atoms with E-state index in [0.29, 0.717) is 0 Å². The Morgan fingerprint density at radius 2 is 2.00 bits per heavy atom. The number of hydrogen-bond donors (Lipinski definition) is 1. The quantitative estimate of drug-likeness (QED) is 0.910. The normalized spacial score (nSPS) is 18.3. The van der Waals surface area contributed by atoms with Gasteiger partial charge in [0, 0.05) is 17.6 Å². The van der Waals surface area contributed by atoms with Crippen LogP contribution < -0.4 is 4.90 Å². The van der Waals surface area contributed by atoms with Crippen molar-refractivity contribution in [3.8, 4) is 0 Å². The lowest BCUT2D eigenvalue weighted by Gasteiger charge is -2.28. The summed E-state index contributed by atoms with van der Waals surface area (Å²) < 4.78 is 0. The number of rotatable bonds is 3. The van der Waals surface area contributed by atoms with Gasteiger partial charge < -0.3 is 10.0 Å². The molecule has 0 saturated heterocycles. The van der Waals surface area contributed by atoms with Crippen molar-refractivity contribution in [3.63, 3.8) is 0 Å². The van der Waals surface area contributed by atoms with Crippen molar-refractivity contribution in [3.05, 3.63) is 29.8 Å². The van der Waals surface area contributed by atoms with E-state index in [9.17, 15) is 14.7 Å². The van der Waals surface area contributed by atoms with E-state index in [1.54, 1.807) is 11.0 Å². The molecule has 1 amide bonds. The van der Waals surface area contributed by atoms with Crippen LogP contribution in [0.4, 0.5) is 5.69 Å². The number of carbonyl (C=O) groups excluding carboxylic acids is 1. The van der Waals surface area contributed by atoms with Crippen molar-refractivity contribution < 1.29 is 14.7 Å². The van der Waals surface area contributed by atoms with Gasteiger partial charge in [-0.15, -0.1) is 0 Å². The number of aliphatic carboxylic acids is 1. The fourth-order valence-corrected chi connectivity index (χ4v) is 2.33. The largest absolute Gasteiger partial charge is 0.481 e. The first-order chi connectivity index (χ1) is 8.88. The third-order valence-corrected chi connectivity index (χ3v) is 3.97. The lowest BCUT2D eigenvalue weighted by atomic mass is 9.88. The number of anilines is 1. The van der Waals surface area contributed by atoms with Gasteiger partial charge >= 0.3 is 5.97 Å². The molecule has 102 valence electrons. The summed E-state index contributed by atoms with van der Waals surface area (Å²) in [6, 6.07) is 7.26. The fourth-order valence-electron chi connectivity index (χ4n) is 2.33. The molecule has 1 heterocycles. The van der Waals surface area contributed by atoms with Crippen LogP contribution in [-0.4, -0.2) is 23.5 Å². The molecule has 1 aromatic rings. The molecule has 4 nitrogen and oxygen atoms in total. The number of benzene rings is 1. The van der Waals surface area contributed by atoms with Crippen molar-refractivity contribution >= 4 is 17.6 Å². The number of carboxylic acids is 1. The maximum atomic E-state index is 12.6. The first-order valence-electron chi connectivity index (χ1n) is 6.52. The van der Waals surface area contributed by atoms with Gasteiger partial charge in [-0.25, -0.2) is 0 Å². The Balaban J connectivity index is 2.41. The molecule has 1 unspecified atom stereocenters. The summed E-state index contributed by atoms with van der Waals surface area (Å²) in [5.74, 6) is -1.50. The van der Waals surface area contributed by atoms with Crippen molar-refractivity contribution in [2.45, 2.75) is 33.1 Å². The maximum Gasteiger partial charge on any atom is 0.312 e. The van der Waals surface area contributed by atoms with Crippen molar-refractivity contribution in [1.29, 1.82) is 0 Å². The standard InChI is InChI=1S/C15H19NO3/c1-4-15(2,3)14(19)16-9-11(13(17)18)10-7-5-6-8-12(10)16/h5-8,11H,4,9H2,1-3H3,(H,17,18). The molecule has 19 heavy (non-hydrogen) atoms. The minimum Gasteiger partial charge on any atom is -0.481 e. The summed E-state index contributed by atoms with van der Waals surface area (Å²) in [6.45, 7) is 5.99. The predicted octanol–water partition coefficient (Wildman–Crippen LogP) is 2.64. The van der Waals surface area contributed by atoms with E-state index in [0.717, 1.165) is 17.7 Å². The minimum atomic E-state index is -0.878. The Morgan fingerprint density at radius 1 is 1.37 bits per heavy atom. The average Bonchev–Trinajstić information content (AvgIpc) is 2.77. The second kappa shape index (κ2) is 4.68. The third-order valence-electron chi connectivity index (χ3n) is 3.97. The number of carboxylic acid groups (broad SMARTS) is 1. The van der Waals surface area contributed by atoms with Crippen LogP contribution in [0.15, 0.2) is 24.3 Å². The smallest absolute Gasteiger partial charge is 0.312 e. The molecule has 0 aliphatic carbocycles. The molecule has 0 fully saturated rings. The van der Waals surface area contributed by atoms with E-state index in [1.807, 2.05) is 39.0 Å². The van der Waals surface area contributed by atoms with Crippen LogP contribution in [0.2, 0.25) is 0 Å². The van der Waals surface area contributed by atoms with Crippen LogP contribution in [0.3, 0.4) is 0 Å². The molecular formula is C15H19NO3. The van der Waals surface area contributed by atoms with E-state index < -0.39 is 17.3 Å². The molecule has 1 atom stereocenters. The number of hydrogen-bond acceptors (Lipinski definition) is 2. The molecule has 1 N–H and O–H groups in total. The van der Waals surface area contributed by atoms with E-state index in [1.165, 1.54) is 0 Å². The zero-order valence-corrected chi connectivity index (χ0v) is 11.5. The molecule has 0 aromatic heterocycles. The van der Waals surface area contributed by atoms with Crippen LogP contribution in [0, 0.1) is 5.41 Å². The highest BCUT2D eigenvalue weighted by Gasteiger charge is 2.40. The van der Waals surface area contributed by atoms with Crippen LogP contribution >= 0.6 is 0 Å². The molecular weight excluding hydrogens is 242 g/mol. The van der Waals surface area contributed by atoms with Crippen LogP contribution in [-0.2, 0) is 9.59 Å². The summed E-state index contributed by atoms with van der Waals surface area (Å²) in [4.78, 5) is 25.5. The summed E-state index contributed by atoms with van der Waals surface area (Å²) in [6.07, 6.45) is 0.724. The van der Waals surface area contributed by atoms with Gasteiger partial charge in [0.2, 0.25) is 5.91 Å². The number of carbonyl (C=O) groups is 2. The molecule has 1 aromatic carbocycles. The summed E-state index contributed by atoms with van der Waals surface area (Å²) in [5.41, 5.74) is 0.997. The minimum absolute atomic E-state index is 0.00815. The van der Waals surface area contributed by atoms with E-state index in [4.69, 9.17) is 0 Å². The van der Waals surface area contributed by atoms with Gasteiger partial charge in [0.1, 0.15) is 5.92 Å². The first-order valence-corrected chi connectivity index (χ1v) is 6.52. The third kappa shape index (κ3) is 2.23.